The van der Waals surface area contributed by atoms with Crippen LogP contribution in [0.1, 0.15) is 39.7 Å². The standard InChI is InChI=1S/C21H23N5O2/c1-4-8-18(27)23-21-22-13-16(20(24-21)15-9-6-5-7-10-15)17-11-12-19(28)26(25-17)14(2)3/h5-7,9-14H,4,8H2,1-3H3,(H,22,23,24,27). The molecule has 0 aliphatic carbocycles. The smallest absolute Gasteiger partial charge is 0.267 e. The zero-order valence-electron chi connectivity index (χ0n) is 16.2. The van der Waals surface area contributed by atoms with Crippen molar-refractivity contribution in [1.29, 1.82) is 0 Å². The van der Waals surface area contributed by atoms with E-state index >= 15 is 0 Å². The Hall–Kier alpha value is -3.35. The summed E-state index contributed by atoms with van der Waals surface area (Å²) in [6.07, 6.45) is 2.79. The van der Waals surface area contributed by atoms with Gasteiger partial charge in [0.15, 0.2) is 0 Å². The number of carbonyl (C=O) groups is 1. The zero-order chi connectivity index (χ0) is 20.1. The Balaban J connectivity index is 2.12. The molecule has 0 saturated heterocycles. The molecule has 0 spiro atoms. The van der Waals surface area contributed by atoms with Crippen LogP contribution in [-0.4, -0.2) is 25.7 Å². The Bertz CT molecular complexity index is 1030. The van der Waals surface area contributed by atoms with Crippen LogP contribution in [0.25, 0.3) is 22.5 Å². The summed E-state index contributed by atoms with van der Waals surface area (Å²) in [5, 5.41) is 7.22. The molecule has 0 fully saturated rings. The number of nitrogens with zero attached hydrogens (tertiary/aromatic N) is 4. The molecule has 2 aromatic heterocycles. The first kappa shape index (κ1) is 19.4. The van der Waals surface area contributed by atoms with Gasteiger partial charge in [-0.1, -0.05) is 37.3 Å². The third kappa shape index (κ3) is 4.31. The predicted molar refractivity (Wildman–Crippen MR) is 109 cm³/mol. The first-order valence-corrected chi connectivity index (χ1v) is 9.32. The lowest BCUT2D eigenvalue weighted by Crippen LogP contribution is -2.24. The highest BCUT2D eigenvalue weighted by molar-refractivity contribution is 5.89. The SMILES string of the molecule is CCCC(=O)Nc1ncc(-c2ccc(=O)n(C(C)C)n2)c(-c2ccccc2)n1. The fraction of sp³-hybridized carbons (Fsp3) is 0.286. The number of hydrogen-bond acceptors (Lipinski definition) is 5. The van der Waals surface area contributed by atoms with Crippen LogP contribution >= 0.6 is 0 Å². The minimum absolute atomic E-state index is 0.0684. The normalized spacial score (nSPS) is 10.9. The number of amides is 1. The van der Waals surface area contributed by atoms with Crippen LogP contribution in [0.15, 0.2) is 53.5 Å². The van der Waals surface area contributed by atoms with Crippen molar-refractivity contribution in [3.05, 3.63) is 59.0 Å². The van der Waals surface area contributed by atoms with Crippen LogP contribution in [0.5, 0.6) is 0 Å². The van der Waals surface area contributed by atoms with Gasteiger partial charge in [-0.2, -0.15) is 5.10 Å². The second-order valence-electron chi connectivity index (χ2n) is 6.72. The molecule has 2 heterocycles. The Morgan fingerprint density at radius 2 is 1.89 bits per heavy atom. The summed E-state index contributed by atoms with van der Waals surface area (Å²) in [5.41, 5.74) is 2.64. The molecule has 7 nitrogen and oxygen atoms in total. The Kier molecular flexibility index (Phi) is 5.93. The van der Waals surface area contributed by atoms with E-state index in [0.29, 0.717) is 23.4 Å². The summed E-state index contributed by atoms with van der Waals surface area (Å²) in [7, 11) is 0. The van der Waals surface area contributed by atoms with Crippen LogP contribution in [0.4, 0.5) is 5.95 Å². The van der Waals surface area contributed by atoms with Crippen molar-refractivity contribution in [3.63, 3.8) is 0 Å². The second kappa shape index (κ2) is 8.56. The molecule has 1 aromatic carbocycles. The van der Waals surface area contributed by atoms with Gasteiger partial charge in [0.25, 0.3) is 5.56 Å². The highest BCUT2D eigenvalue weighted by Crippen LogP contribution is 2.29. The fourth-order valence-electron chi connectivity index (χ4n) is 2.80. The van der Waals surface area contributed by atoms with Crippen LogP contribution < -0.4 is 10.9 Å². The predicted octanol–water partition coefficient (Wildman–Crippen LogP) is 3.69. The molecule has 7 heteroatoms. The van der Waals surface area contributed by atoms with E-state index in [1.165, 1.54) is 10.7 Å². The molecule has 0 bridgehead atoms. The van der Waals surface area contributed by atoms with Gasteiger partial charge in [0.2, 0.25) is 11.9 Å². The van der Waals surface area contributed by atoms with Crippen molar-refractivity contribution in [2.45, 2.75) is 39.7 Å². The maximum Gasteiger partial charge on any atom is 0.267 e. The fourth-order valence-corrected chi connectivity index (χ4v) is 2.80. The van der Waals surface area contributed by atoms with Crippen molar-refractivity contribution in [1.82, 2.24) is 19.7 Å². The van der Waals surface area contributed by atoms with Crippen LogP contribution in [-0.2, 0) is 4.79 Å². The van der Waals surface area contributed by atoms with Crippen molar-refractivity contribution in [3.8, 4) is 22.5 Å². The second-order valence-corrected chi connectivity index (χ2v) is 6.72. The monoisotopic (exact) mass is 377 g/mol. The molecule has 0 radical (unpaired) electrons. The van der Waals surface area contributed by atoms with Crippen molar-refractivity contribution in [2.24, 2.45) is 0 Å². The van der Waals surface area contributed by atoms with Gasteiger partial charge in [-0.25, -0.2) is 14.6 Å². The van der Waals surface area contributed by atoms with E-state index in [1.807, 2.05) is 51.1 Å². The minimum Gasteiger partial charge on any atom is -0.295 e. The number of anilines is 1. The summed E-state index contributed by atoms with van der Waals surface area (Å²) in [5.74, 6) is 0.124. The summed E-state index contributed by atoms with van der Waals surface area (Å²) < 4.78 is 1.43. The molecule has 28 heavy (non-hydrogen) atoms. The van der Waals surface area contributed by atoms with Gasteiger partial charge in [-0.15, -0.1) is 0 Å². The quantitative estimate of drug-likeness (QED) is 0.708. The average Bonchev–Trinajstić information content (AvgIpc) is 2.69. The molecule has 0 aliphatic rings. The van der Waals surface area contributed by atoms with Crippen LogP contribution in [0.2, 0.25) is 0 Å². The van der Waals surface area contributed by atoms with Gasteiger partial charge in [0.1, 0.15) is 0 Å². The average molecular weight is 377 g/mol. The lowest BCUT2D eigenvalue weighted by Gasteiger charge is -2.13. The Morgan fingerprint density at radius 1 is 1.14 bits per heavy atom. The van der Waals surface area contributed by atoms with E-state index in [1.54, 1.807) is 12.3 Å². The van der Waals surface area contributed by atoms with Crippen molar-refractivity contribution >= 4 is 11.9 Å². The molecule has 0 atom stereocenters. The number of aromatic nitrogens is 4. The molecule has 0 saturated carbocycles. The van der Waals surface area contributed by atoms with E-state index in [4.69, 9.17) is 0 Å². The van der Waals surface area contributed by atoms with E-state index < -0.39 is 0 Å². The van der Waals surface area contributed by atoms with Gasteiger partial charge in [0.05, 0.1) is 17.4 Å². The Labute approximate surface area is 163 Å². The molecule has 1 amide bonds. The van der Waals surface area contributed by atoms with E-state index in [9.17, 15) is 9.59 Å². The highest BCUT2D eigenvalue weighted by Gasteiger charge is 2.15. The number of carbonyl (C=O) groups excluding carboxylic acids is 1. The van der Waals surface area contributed by atoms with Gasteiger partial charge < -0.3 is 0 Å². The summed E-state index contributed by atoms with van der Waals surface area (Å²) in [4.78, 5) is 32.8. The molecule has 1 N–H and O–H groups in total. The highest BCUT2D eigenvalue weighted by atomic mass is 16.1. The van der Waals surface area contributed by atoms with E-state index in [0.717, 1.165) is 12.0 Å². The number of nitrogens with one attached hydrogen (secondary N) is 1. The van der Waals surface area contributed by atoms with Crippen molar-refractivity contribution in [2.75, 3.05) is 5.32 Å². The third-order valence-electron chi connectivity index (χ3n) is 4.15. The molecule has 0 aliphatic heterocycles. The summed E-state index contributed by atoms with van der Waals surface area (Å²) in [6, 6.07) is 12.7. The van der Waals surface area contributed by atoms with Gasteiger partial charge >= 0.3 is 0 Å². The first-order valence-electron chi connectivity index (χ1n) is 9.32. The minimum atomic E-state index is -0.163. The number of rotatable bonds is 6. The summed E-state index contributed by atoms with van der Waals surface area (Å²) >= 11 is 0. The number of benzene rings is 1. The molecule has 0 unspecified atom stereocenters. The van der Waals surface area contributed by atoms with E-state index in [-0.39, 0.29) is 23.5 Å². The zero-order valence-corrected chi connectivity index (χ0v) is 16.2. The Morgan fingerprint density at radius 3 is 2.57 bits per heavy atom. The van der Waals surface area contributed by atoms with Crippen LogP contribution in [0.3, 0.4) is 0 Å². The number of hydrogen-bond donors (Lipinski definition) is 1. The van der Waals surface area contributed by atoms with Crippen molar-refractivity contribution < 1.29 is 4.79 Å². The van der Waals surface area contributed by atoms with E-state index in [2.05, 4.69) is 20.4 Å². The van der Waals surface area contributed by atoms with Crippen LogP contribution in [0, 0.1) is 0 Å². The molecular weight excluding hydrogens is 354 g/mol. The van der Waals surface area contributed by atoms with Gasteiger partial charge in [0, 0.05) is 29.8 Å². The maximum absolute atomic E-state index is 12.1. The summed E-state index contributed by atoms with van der Waals surface area (Å²) in [6.45, 7) is 5.74. The first-order chi connectivity index (χ1) is 13.5. The molecule has 3 aromatic rings. The molecule has 144 valence electrons. The maximum atomic E-state index is 12.1. The molecular formula is C21H23N5O2. The largest absolute Gasteiger partial charge is 0.295 e. The molecule has 3 rings (SSSR count). The lowest BCUT2D eigenvalue weighted by atomic mass is 10.0. The lowest BCUT2D eigenvalue weighted by molar-refractivity contribution is -0.116. The topological polar surface area (TPSA) is 89.8 Å². The van der Waals surface area contributed by atoms with Gasteiger partial charge in [-0.05, 0) is 26.3 Å². The third-order valence-corrected chi connectivity index (χ3v) is 4.15. The van der Waals surface area contributed by atoms with Gasteiger partial charge in [-0.3, -0.25) is 14.9 Å².